The normalized spacial score (nSPS) is 13.7. The summed E-state index contributed by atoms with van der Waals surface area (Å²) < 4.78 is 7.25. The number of rotatable bonds is 5. The van der Waals surface area contributed by atoms with Crippen LogP contribution in [0.1, 0.15) is 33.6 Å². The molecular formula is C14H23N5O. The Kier molecular flexibility index (Phi) is 4.23. The van der Waals surface area contributed by atoms with Crippen LogP contribution >= 0.6 is 0 Å². The van der Waals surface area contributed by atoms with Crippen LogP contribution in [0, 0.1) is 5.41 Å². The first-order valence-corrected chi connectivity index (χ1v) is 6.94. The molecule has 1 unspecified atom stereocenters. The Labute approximate surface area is 119 Å². The summed E-state index contributed by atoms with van der Waals surface area (Å²) in [5, 5.41) is 7.52. The Balaban J connectivity index is 2.15. The van der Waals surface area contributed by atoms with E-state index in [0.717, 1.165) is 18.7 Å². The molecule has 6 heteroatoms. The van der Waals surface area contributed by atoms with E-state index in [1.54, 1.807) is 12.5 Å². The average molecular weight is 277 g/mol. The maximum absolute atomic E-state index is 5.37. The molecule has 1 atom stereocenters. The van der Waals surface area contributed by atoms with Crippen molar-refractivity contribution in [3.05, 3.63) is 18.4 Å². The van der Waals surface area contributed by atoms with Gasteiger partial charge in [-0.05, 0) is 12.0 Å². The van der Waals surface area contributed by atoms with Crippen molar-refractivity contribution in [3.8, 4) is 11.5 Å². The zero-order valence-corrected chi connectivity index (χ0v) is 12.8. The van der Waals surface area contributed by atoms with E-state index in [4.69, 9.17) is 4.52 Å². The molecule has 0 fully saturated rings. The molecule has 20 heavy (non-hydrogen) atoms. The fourth-order valence-electron chi connectivity index (χ4n) is 2.12. The molecule has 6 nitrogen and oxygen atoms in total. The summed E-state index contributed by atoms with van der Waals surface area (Å²) in [6, 6.07) is 0.298. The van der Waals surface area contributed by atoms with Gasteiger partial charge in [0.15, 0.2) is 0 Å². The lowest BCUT2D eigenvalue weighted by atomic mass is 9.84. The van der Waals surface area contributed by atoms with Crippen molar-refractivity contribution in [1.29, 1.82) is 0 Å². The van der Waals surface area contributed by atoms with Crippen molar-refractivity contribution in [1.82, 2.24) is 25.0 Å². The molecule has 2 aromatic heterocycles. The number of aromatic nitrogens is 4. The summed E-state index contributed by atoms with van der Waals surface area (Å²) >= 11 is 0. The molecule has 0 aromatic carbocycles. The van der Waals surface area contributed by atoms with Gasteiger partial charge in [-0.2, -0.15) is 4.98 Å². The quantitative estimate of drug-likeness (QED) is 0.905. The molecule has 0 bridgehead atoms. The highest BCUT2D eigenvalue weighted by molar-refractivity contribution is 5.47. The van der Waals surface area contributed by atoms with E-state index >= 15 is 0 Å². The lowest BCUT2D eigenvalue weighted by Crippen LogP contribution is -2.41. The Morgan fingerprint density at radius 2 is 2.15 bits per heavy atom. The van der Waals surface area contributed by atoms with E-state index < -0.39 is 0 Å². The van der Waals surface area contributed by atoms with Crippen LogP contribution in [0.4, 0.5) is 0 Å². The molecule has 0 saturated carbocycles. The van der Waals surface area contributed by atoms with Crippen LogP contribution in [-0.4, -0.2) is 32.3 Å². The van der Waals surface area contributed by atoms with Gasteiger partial charge in [-0.15, -0.1) is 0 Å². The van der Waals surface area contributed by atoms with Crippen LogP contribution in [0.3, 0.4) is 0 Å². The molecule has 2 heterocycles. The van der Waals surface area contributed by atoms with Crippen LogP contribution < -0.4 is 5.32 Å². The third-order valence-corrected chi connectivity index (χ3v) is 3.39. The number of aryl methyl sites for hydroxylation is 1. The smallest absolute Gasteiger partial charge is 0.228 e. The van der Waals surface area contributed by atoms with Crippen molar-refractivity contribution in [2.24, 2.45) is 12.5 Å². The second-order valence-electron chi connectivity index (χ2n) is 6.08. The number of nitrogens with zero attached hydrogens (tertiary/aromatic N) is 4. The van der Waals surface area contributed by atoms with Crippen LogP contribution in [0.25, 0.3) is 11.5 Å². The molecule has 110 valence electrons. The molecule has 2 rings (SSSR count). The van der Waals surface area contributed by atoms with Gasteiger partial charge in [0, 0.05) is 19.5 Å². The van der Waals surface area contributed by atoms with Gasteiger partial charge < -0.3 is 14.4 Å². The SMILES string of the molecule is CCNC(Cc1nc(-c2cncn2C)no1)C(C)(C)C. The Morgan fingerprint density at radius 1 is 1.40 bits per heavy atom. The Morgan fingerprint density at radius 3 is 2.70 bits per heavy atom. The average Bonchev–Trinajstić information content (AvgIpc) is 2.96. The minimum atomic E-state index is 0.136. The summed E-state index contributed by atoms with van der Waals surface area (Å²) in [5.41, 5.74) is 0.993. The minimum Gasteiger partial charge on any atom is -0.339 e. The molecule has 0 aliphatic rings. The molecule has 1 N–H and O–H groups in total. The fraction of sp³-hybridized carbons (Fsp3) is 0.643. The van der Waals surface area contributed by atoms with Gasteiger partial charge in [0.25, 0.3) is 0 Å². The van der Waals surface area contributed by atoms with Crippen molar-refractivity contribution < 1.29 is 4.52 Å². The van der Waals surface area contributed by atoms with E-state index in [1.165, 1.54) is 0 Å². The highest BCUT2D eigenvalue weighted by atomic mass is 16.5. The number of hydrogen-bond acceptors (Lipinski definition) is 5. The monoisotopic (exact) mass is 277 g/mol. The van der Waals surface area contributed by atoms with Gasteiger partial charge in [-0.25, -0.2) is 4.98 Å². The predicted octanol–water partition coefficient (Wildman–Crippen LogP) is 2.04. The third kappa shape index (κ3) is 3.25. The highest BCUT2D eigenvalue weighted by Crippen LogP contribution is 2.23. The maximum Gasteiger partial charge on any atom is 0.228 e. The van der Waals surface area contributed by atoms with E-state index in [1.807, 2.05) is 11.6 Å². The van der Waals surface area contributed by atoms with Crippen molar-refractivity contribution >= 4 is 0 Å². The molecule has 2 aromatic rings. The molecular weight excluding hydrogens is 254 g/mol. The van der Waals surface area contributed by atoms with Crippen LogP contribution in [-0.2, 0) is 13.5 Å². The van der Waals surface area contributed by atoms with Gasteiger partial charge in [0.2, 0.25) is 11.7 Å². The Hall–Kier alpha value is -1.69. The minimum absolute atomic E-state index is 0.136. The van der Waals surface area contributed by atoms with E-state index in [9.17, 15) is 0 Å². The van der Waals surface area contributed by atoms with E-state index in [2.05, 4.69) is 48.1 Å². The van der Waals surface area contributed by atoms with Crippen molar-refractivity contribution in [2.45, 2.75) is 40.2 Å². The van der Waals surface area contributed by atoms with Crippen molar-refractivity contribution in [3.63, 3.8) is 0 Å². The summed E-state index contributed by atoms with van der Waals surface area (Å²) in [5.74, 6) is 1.24. The summed E-state index contributed by atoms with van der Waals surface area (Å²) in [6.07, 6.45) is 4.18. The zero-order valence-electron chi connectivity index (χ0n) is 12.8. The number of likely N-dealkylation sites (N-methyl/N-ethyl adjacent to an activating group) is 1. The zero-order chi connectivity index (χ0) is 14.8. The number of imidazole rings is 1. The third-order valence-electron chi connectivity index (χ3n) is 3.39. The van der Waals surface area contributed by atoms with Crippen molar-refractivity contribution in [2.75, 3.05) is 6.54 Å². The first kappa shape index (κ1) is 14.7. The summed E-state index contributed by atoms with van der Waals surface area (Å²) in [7, 11) is 1.91. The second-order valence-corrected chi connectivity index (χ2v) is 6.08. The molecule has 0 saturated heterocycles. The predicted molar refractivity (Wildman–Crippen MR) is 77.1 cm³/mol. The molecule has 0 aliphatic carbocycles. The Bertz CT molecular complexity index is 552. The van der Waals surface area contributed by atoms with Gasteiger partial charge in [-0.3, -0.25) is 0 Å². The number of nitrogens with one attached hydrogen (secondary N) is 1. The van der Waals surface area contributed by atoms with Gasteiger partial charge in [-0.1, -0.05) is 32.9 Å². The van der Waals surface area contributed by atoms with E-state index in [-0.39, 0.29) is 5.41 Å². The lowest BCUT2D eigenvalue weighted by molar-refractivity contribution is 0.247. The molecule has 0 radical (unpaired) electrons. The van der Waals surface area contributed by atoms with Gasteiger partial charge in [0.1, 0.15) is 5.69 Å². The van der Waals surface area contributed by atoms with Crippen LogP contribution in [0.2, 0.25) is 0 Å². The maximum atomic E-state index is 5.37. The lowest BCUT2D eigenvalue weighted by Gasteiger charge is -2.30. The summed E-state index contributed by atoms with van der Waals surface area (Å²) in [4.78, 5) is 8.54. The van der Waals surface area contributed by atoms with Gasteiger partial charge >= 0.3 is 0 Å². The standard InChI is InChI=1S/C14H23N5O/c1-6-16-11(14(2,3)4)7-12-17-13(18-20-12)10-8-15-9-19(10)5/h8-9,11,16H,6-7H2,1-5H3. The fourth-order valence-corrected chi connectivity index (χ4v) is 2.12. The van der Waals surface area contributed by atoms with Crippen LogP contribution in [0.15, 0.2) is 17.0 Å². The molecule has 0 aliphatic heterocycles. The van der Waals surface area contributed by atoms with E-state index in [0.29, 0.717) is 17.8 Å². The van der Waals surface area contributed by atoms with Crippen LogP contribution in [0.5, 0.6) is 0 Å². The first-order valence-electron chi connectivity index (χ1n) is 6.94. The molecule has 0 spiro atoms. The topological polar surface area (TPSA) is 68.8 Å². The van der Waals surface area contributed by atoms with Gasteiger partial charge in [0.05, 0.1) is 12.5 Å². The molecule has 0 amide bonds. The highest BCUT2D eigenvalue weighted by Gasteiger charge is 2.26. The second kappa shape index (κ2) is 5.75. The number of hydrogen-bond donors (Lipinski definition) is 1. The first-order chi connectivity index (χ1) is 9.41. The largest absolute Gasteiger partial charge is 0.339 e. The summed E-state index contributed by atoms with van der Waals surface area (Å²) in [6.45, 7) is 9.65.